The van der Waals surface area contributed by atoms with E-state index in [4.69, 9.17) is 9.47 Å². The van der Waals surface area contributed by atoms with Crippen molar-refractivity contribution in [1.82, 2.24) is 10.6 Å². The summed E-state index contributed by atoms with van der Waals surface area (Å²) >= 11 is 0. The van der Waals surface area contributed by atoms with Crippen LogP contribution < -0.4 is 10.6 Å². The van der Waals surface area contributed by atoms with Crippen molar-refractivity contribution in [3.8, 4) is 0 Å². The maximum absolute atomic E-state index is 12.2. The summed E-state index contributed by atoms with van der Waals surface area (Å²) in [5.74, 6) is -0.688. The summed E-state index contributed by atoms with van der Waals surface area (Å²) in [6.07, 6.45) is 1.23. The van der Waals surface area contributed by atoms with Gasteiger partial charge in [0.1, 0.15) is 12.2 Å². The van der Waals surface area contributed by atoms with Gasteiger partial charge < -0.3 is 20.1 Å². The minimum Gasteiger partial charge on any atom is -0.460 e. The van der Waals surface area contributed by atoms with E-state index >= 15 is 0 Å². The van der Waals surface area contributed by atoms with Gasteiger partial charge in [-0.1, -0.05) is 0 Å². The van der Waals surface area contributed by atoms with Crippen LogP contribution in [-0.2, 0) is 19.1 Å². The molecule has 0 bridgehead atoms. The molecule has 2 heterocycles. The molecular formula is C20H36N2O4. The molecule has 2 atom stereocenters. The number of carbonyl (C=O) groups is 2. The fourth-order valence-electron chi connectivity index (χ4n) is 4.46. The summed E-state index contributed by atoms with van der Waals surface area (Å²) in [6.45, 7) is 16.5. The Morgan fingerprint density at radius 3 is 1.27 bits per heavy atom. The first kappa shape index (κ1) is 21.2. The zero-order valence-corrected chi connectivity index (χ0v) is 17.6. The number of esters is 2. The molecule has 26 heavy (non-hydrogen) atoms. The molecular weight excluding hydrogens is 332 g/mol. The van der Waals surface area contributed by atoms with E-state index in [1.54, 1.807) is 0 Å². The molecule has 0 aliphatic carbocycles. The molecule has 2 unspecified atom stereocenters. The molecule has 2 fully saturated rings. The highest BCUT2D eigenvalue weighted by molar-refractivity contribution is 5.78. The van der Waals surface area contributed by atoms with Crippen LogP contribution in [0.5, 0.6) is 0 Å². The van der Waals surface area contributed by atoms with Crippen LogP contribution in [0.1, 0.15) is 81.1 Å². The van der Waals surface area contributed by atoms with Crippen LogP contribution in [0, 0.1) is 0 Å². The largest absolute Gasteiger partial charge is 0.460 e. The highest BCUT2D eigenvalue weighted by Crippen LogP contribution is 2.34. The molecule has 2 saturated heterocycles. The predicted octanol–water partition coefficient (Wildman–Crippen LogP) is 2.69. The first-order valence-corrected chi connectivity index (χ1v) is 9.60. The van der Waals surface area contributed by atoms with E-state index in [1.807, 2.05) is 27.7 Å². The van der Waals surface area contributed by atoms with Crippen LogP contribution in [0.25, 0.3) is 0 Å². The molecule has 150 valence electrons. The van der Waals surface area contributed by atoms with Gasteiger partial charge in [-0.3, -0.25) is 9.59 Å². The predicted molar refractivity (Wildman–Crippen MR) is 101 cm³/mol. The van der Waals surface area contributed by atoms with E-state index in [1.165, 1.54) is 0 Å². The zero-order chi connectivity index (χ0) is 20.0. The van der Waals surface area contributed by atoms with Gasteiger partial charge in [0.25, 0.3) is 0 Å². The van der Waals surface area contributed by atoms with Crippen LogP contribution in [-0.4, -0.2) is 46.3 Å². The van der Waals surface area contributed by atoms with E-state index in [9.17, 15) is 9.59 Å². The SMILES string of the molecule is CC1(C)CC(OC(=O)CCC(=O)OC2CC(C)(C)NC2(C)C)C(C)(C)N1. The Morgan fingerprint density at radius 1 is 0.731 bits per heavy atom. The second-order valence-electron chi connectivity index (χ2n) is 10.3. The lowest BCUT2D eigenvalue weighted by Gasteiger charge is -2.28. The van der Waals surface area contributed by atoms with Crippen molar-refractivity contribution in [2.75, 3.05) is 0 Å². The molecule has 2 rings (SSSR count). The molecule has 6 heteroatoms. The van der Waals surface area contributed by atoms with Crippen molar-refractivity contribution in [3.63, 3.8) is 0 Å². The van der Waals surface area contributed by atoms with Gasteiger partial charge in [-0.15, -0.1) is 0 Å². The lowest BCUT2D eigenvalue weighted by Crippen LogP contribution is -2.47. The Labute approximate surface area is 157 Å². The van der Waals surface area contributed by atoms with Gasteiger partial charge in [0, 0.05) is 23.9 Å². The summed E-state index contributed by atoms with van der Waals surface area (Å²) in [7, 11) is 0. The molecule has 2 aliphatic heterocycles. The number of hydrogen-bond donors (Lipinski definition) is 2. The minimum atomic E-state index is -0.344. The van der Waals surface area contributed by atoms with Crippen LogP contribution in [0.3, 0.4) is 0 Å². The lowest BCUT2D eigenvalue weighted by molar-refractivity contribution is -0.158. The second kappa shape index (κ2) is 6.79. The average Bonchev–Trinajstić information content (AvgIpc) is 2.73. The standard InChI is InChI=1S/C20H36N2O4/c1-17(2)11-13(19(5,6)21-17)25-15(23)9-10-16(24)26-14-12-18(3,4)22-20(14,7)8/h13-14,21-22H,9-12H2,1-8H3. The van der Waals surface area contributed by atoms with Crippen molar-refractivity contribution in [3.05, 3.63) is 0 Å². The Morgan fingerprint density at radius 2 is 1.04 bits per heavy atom. The van der Waals surface area contributed by atoms with Crippen molar-refractivity contribution >= 4 is 11.9 Å². The van der Waals surface area contributed by atoms with Crippen molar-refractivity contribution in [2.45, 2.75) is 115 Å². The van der Waals surface area contributed by atoms with Crippen LogP contribution in [0.2, 0.25) is 0 Å². The summed E-state index contributed by atoms with van der Waals surface area (Å²) in [5.41, 5.74) is -0.682. The van der Waals surface area contributed by atoms with Gasteiger partial charge in [-0.05, 0) is 55.4 Å². The Bertz CT molecular complexity index is 516. The van der Waals surface area contributed by atoms with Crippen molar-refractivity contribution < 1.29 is 19.1 Å². The van der Waals surface area contributed by atoms with Gasteiger partial charge in [-0.25, -0.2) is 0 Å². The fraction of sp³-hybridized carbons (Fsp3) is 0.900. The molecule has 2 N–H and O–H groups in total. The quantitative estimate of drug-likeness (QED) is 0.727. The molecule has 2 aliphatic rings. The van der Waals surface area contributed by atoms with Gasteiger partial charge in [0.15, 0.2) is 0 Å². The number of ether oxygens (including phenoxy) is 2. The van der Waals surface area contributed by atoms with Crippen molar-refractivity contribution in [1.29, 1.82) is 0 Å². The molecule has 0 aromatic heterocycles. The van der Waals surface area contributed by atoms with E-state index in [2.05, 4.69) is 38.3 Å². The first-order chi connectivity index (χ1) is 11.6. The Kier molecular flexibility index (Phi) is 5.52. The Balaban J connectivity index is 1.80. The van der Waals surface area contributed by atoms with Gasteiger partial charge in [0.05, 0.1) is 23.9 Å². The molecule has 0 radical (unpaired) electrons. The highest BCUT2D eigenvalue weighted by atomic mass is 16.6. The van der Waals surface area contributed by atoms with Crippen LogP contribution in [0.15, 0.2) is 0 Å². The van der Waals surface area contributed by atoms with E-state index < -0.39 is 0 Å². The third-order valence-electron chi connectivity index (χ3n) is 5.40. The molecule has 0 amide bonds. The smallest absolute Gasteiger partial charge is 0.306 e. The maximum Gasteiger partial charge on any atom is 0.306 e. The molecule has 0 aromatic rings. The van der Waals surface area contributed by atoms with Crippen LogP contribution >= 0.6 is 0 Å². The first-order valence-electron chi connectivity index (χ1n) is 9.60. The highest BCUT2D eigenvalue weighted by Gasteiger charge is 2.47. The summed E-state index contributed by atoms with van der Waals surface area (Å²) < 4.78 is 11.3. The second-order valence-corrected chi connectivity index (χ2v) is 10.3. The monoisotopic (exact) mass is 368 g/mol. The van der Waals surface area contributed by atoms with Gasteiger partial charge in [-0.2, -0.15) is 0 Å². The van der Waals surface area contributed by atoms with E-state index in [0.29, 0.717) is 0 Å². The molecule has 0 saturated carbocycles. The lowest BCUT2D eigenvalue weighted by atomic mass is 9.97. The number of nitrogens with one attached hydrogen (secondary N) is 2. The topological polar surface area (TPSA) is 76.7 Å². The van der Waals surface area contributed by atoms with Gasteiger partial charge in [0.2, 0.25) is 0 Å². The fourth-order valence-corrected chi connectivity index (χ4v) is 4.46. The maximum atomic E-state index is 12.2. The normalized spacial score (nSPS) is 30.8. The summed E-state index contributed by atoms with van der Waals surface area (Å²) in [5, 5.41) is 6.96. The van der Waals surface area contributed by atoms with Crippen LogP contribution in [0.4, 0.5) is 0 Å². The number of carbonyl (C=O) groups excluding carboxylic acids is 2. The van der Waals surface area contributed by atoms with E-state index in [0.717, 1.165) is 12.8 Å². The third kappa shape index (κ3) is 5.19. The average molecular weight is 369 g/mol. The minimum absolute atomic E-state index is 0.0514. The number of hydrogen-bond acceptors (Lipinski definition) is 6. The van der Waals surface area contributed by atoms with Crippen molar-refractivity contribution in [2.24, 2.45) is 0 Å². The zero-order valence-electron chi connectivity index (χ0n) is 17.6. The Hall–Kier alpha value is -1.14. The molecule has 0 spiro atoms. The summed E-state index contributed by atoms with van der Waals surface area (Å²) in [4.78, 5) is 24.4. The third-order valence-corrected chi connectivity index (χ3v) is 5.40. The molecule has 0 aromatic carbocycles. The molecule has 6 nitrogen and oxygen atoms in total. The summed E-state index contributed by atoms with van der Waals surface area (Å²) in [6, 6.07) is 0. The number of rotatable bonds is 5. The van der Waals surface area contributed by atoms with E-state index in [-0.39, 0.29) is 59.1 Å². The van der Waals surface area contributed by atoms with Gasteiger partial charge >= 0.3 is 11.9 Å².